The van der Waals surface area contributed by atoms with Crippen LogP contribution in [0.25, 0.3) is 0 Å². The highest BCUT2D eigenvalue weighted by Gasteiger charge is 2.06. The maximum absolute atomic E-state index is 11.6. The Labute approximate surface area is 155 Å². The van der Waals surface area contributed by atoms with Crippen LogP contribution in [0.15, 0.2) is 47.6 Å². The molecule has 0 atom stereocenters. The van der Waals surface area contributed by atoms with Crippen LogP contribution in [-0.2, 0) is 4.79 Å². The Bertz CT molecular complexity index is 691. The number of rotatable bonds is 5. The van der Waals surface area contributed by atoms with Crippen LogP contribution in [0, 0.1) is 7.14 Å². The Balaban J connectivity index is 1.88. The average Bonchev–Trinajstić information content (AvgIpc) is 2.51. The lowest BCUT2D eigenvalue weighted by Gasteiger charge is -2.05. The fourth-order valence-electron chi connectivity index (χ4n) is 1.56. The zero-order valence-electron chi connectivity index (χ0n) is 11.3. The predicted octanol–water partition coefficient (Wildman–Crippen LogP) is 3.13. The molecule has 2 aromatic rings. The van der Waals surface area contributed by atoms with E-state index < -0.39 is 0 Å². The third-order valence-corrected chi connectivity index (χ3v) is 4.01. The second kappa shape index (κ2) is 8.32. The molecule has 2 aromatic carbocycles. The summed E-state index contributed by atoms with van der Waals surface area (Å²) in [5.41, 5.74) is 2.90. The summed E-state index contributed by atoms with van der Waals surface area (Å²) in [6, 6.07) is 12.7. The van der Waals surface area contributed by atoms with Gasteiger partial charge in [-0.3, -0.25) is 4.79 Å². The molecule has 1 amide bonds. The zero-order chi connectivity index (χ0) is 15.9. The van der Waals surface area contributed by atoms with Gasteiger partial charge in [0.2, 0.25) is 0 Å². The predicted molar refractivity (Wildman–Crippen MR) is 101 cm³/mol. The van der Waals surface area contributed by atoms with Crippen molar-refractivity contribution >= 4 is 57.3 Å². The van der Waals surface area contributed by atoms with Crippen LogP contribution in [0.3, 0.4) is 0 Å². The van der Waals surface area contributed by atoms with Gasteiger partial charge in [0.25, 0.3) is 5.91 Å². The Morgan fingerprint density at radius 1 is 1.27 bits per heavy atom. The van der Waals surface area contributed by atoms with E-state index in [4.69, 9.17) is 4.74 Å². The lowest BCUT2D eigenvalue weighted by Crippen LogP contribution is -2.24. The number of hydrazone groups is 1. The van der Waals surface area contributed by atoms with E-state index in [1.54, 1.807) is 18.2 Å². The normalized spacial score (nSPS) is 10.6. The van der Waals surface area contributed by atoms with Gasteiger partial charge in [0.1, 0.15) is 11.5 Å². The van der Waals surface area contributed by atoms with E-state index in [9.17, 15) is 9.90 Å². The van der Waals surface area contributed by atoms with Crippen molar-refractivity contribution in [1.82, 2.24) is 5.43 Å². The Kier molecular flexibility index (Phi) is 6.43. The summed E-state index contributed by atoms with van der Waals surface area (Å²) in [4.78, 5) is 11.6. The molecular weight excluding hydrogens is 510 g/mol. The summed E-state index contributed by atoms with van der Waals surface area (Å²) in [5, 5.41) is 13.7. The number of halogens is 2. The SMILES string of the molecule is O=C(COc1ccccc1)N/N=C\c1cc(I)cc(I)c1O. The minimum Gasteiger partial charge on any atom is -0.506 e. The van der Waals surface area contributed by atoms with Crippen molar-refractivity contribution in [3.63, 3.8) is 0 Å². The molecule has 0 fully saturated rings. The van der Waals surface area contributed by atoms with Gasteiger partial charge in [0, 0.05) is 9.13 Å². The number of nitrogens with one attached hydrogen (secondary N) is 1. The Morgan fingerprint density at radius 3 is 2.73 bits per heavy atom. The molecule has 22 heavy (non-hydrogen) atoms. The number of ether oxygens (including phenoxy) is 1. The number of benzene rings is 2. The minimum atomic E-state index is -0.375. The molecule has 7 heteroatoms. The molecule has 2 rings (SSSR count). The van der Waals surface area contributed by atoms with Crippen LogP contribution in [0.4, 0.5) is 0 Å². The third-order valence-electron chi connectivity index (χ3n) is 2.56. The van der Waals surface area contributed by atoms with Gasteiger partial charge in [0.15, 0.2) is 6.61 Å². The topological polar surface area (TPSA) is 70.9 Å². The first-order valence-electron chi connectivity index (χ1n) is 6.24. The number of nitrogens with zero attached hydrogens (tertiary/aromatic N) is 1. The van der Waals surface area contributed by atoms with Crippen molar-refractivity contribution in [2.24, 2.45) is 5.10 Å². The number of hydrogen-bond acceptors (Lipinski definition) is 4. The summed E-state index contributed by atoms with van der Waals surface area (Å²) in [5.74, 6) is 0.380. The van der Waals surface area contributed by atoms with Crippen LogP contribution in [0.5, 0.6) is 11.5 Å². The molecule has 0 unspecified atom stereocenters. The summed E-state index contributed by atoms with van der Waals surface area (Å²) >= 11 is 4.18. The van der Waals surface area contributed by atoms with Gasteiger partial charge in [-0.2, -0.15) is 5.10 Å². The Hall–Kier alpha value is -1.36. The molecule has 5 nitrogen and oxygen atoms in total. The number of carbonyl (C=O) groups excluding carboxylic acids is 1. The second-order valence-electron chi connectivity index (χ2n) is 4.22. The maximum atomic E-state index is 11.6. The largest absolute Gasteiger partial charge is 0.506 e. The molecular formula is C15H12I2N2O3. The van der Waals surface area contributed by atoms with Crippen molar-refractivity contribution in [3.05, 3.63) is 55.2 Å². The Morgan fingerprint density at radius 2 is 2.00 bits per heavy atom. The first-order valence-corrected chi connectivity index (χ1v) is 8.40. The fourth-order valence-corrected chi connectivity index (χ4v) is 3.45. The molecule has 0 spiro atoms. The number of phenolic OH excluding ortho intramolecular Hbond substituents is 1. The van der Waals surface area contributed by atoms with Gasteiger partial charge in [0.05, 0.1) is 9.78 Å². The summed E-state index contributed by atoms with van der Waals surface area (Å²) in [6.45, 7) is -0.128. The van der Waals surface area contributed by atoms with Crippen LogP contribution < -0.4 is 10.2 Å². The number of amides is 1. The molecule has 0 aliphatic heterocycles. The number of hydrogen-bond donors (Lipinski definition) is 2. The molecule has 114 valence electrons. The highest BCUT2D eigenvalue weighted by Crippen LogP contribution is 2.25. The minimum absolute atomic E-state index is 0.128. The van der Waals surface area contributed by atoms with Gasteiger partial charge < -0.3 is 9.84 Å². The van der Waals surface area contributed by atoms with Crippen LogP contribution in [0.2, 0.25) is 0 Å². The fraction of sp³-hybridized carbons (Fsp3) is 0.0667. The van der Waals surface area contributed by atoms with Crippen molar-refractivity contribution in [3.8, 4) is 11.5 Å². The van der Waals surface area contributed by atoms with E-state index in [2.05, 4.69) is 33.1 Å². The lowest BCUT2D eigenvalue weighted by atomic mass is 10.2. The lowest BCUT2D eigenvalue weighted by molar-refractivity contribution is -0.123. The average molecular weight is 522 g/mol. The highest BCUT2D eigenvalue weighted by molar-refractivity contribution is 14.1. The molecule has 0 radical (unpaired) electrons. The number of phenols is 1. The van der Waals surface area contributed by atoms with Crippen LogP contribution >= 0.6 is 45.2 Å². The van der Waals surface area contributed by atoms with E-state index in [0.29, 0.717) is 11.3 Å². The van der Waals surface area contributed by atoms with Gasteiger partial charge in [-0.05, 0) is 69.4 Å². The van der Waals surface area contributed by atoms with Crippen molar-refractivity contribution in [1.29, 1.82) is 0 Å². The third kappa shape index (κ3) is 5.13. The molecule has 2 N–H and O–H groups in total. The van der Waals surface area contributed by atoms with Crippen molar-refractivity contribution in [2.45, 2.75) is 0 Å². The highest BCUT2D eigenvalue weighted by atomic mass is 127. The van der Waals surface area contributed by atoms with E-state index in [1.807, 2.05) is 46.9 Å². The molecule has 0 saturated heterocycles. The number of aromatic hydroxyl groups is 1. The van der Waals surface area contributed by atoms with Gasteiger partial charge in [-0.1, -0.05) is 18.2 Å². The van der Waals surface area contributed by atoms with Gasteiger partial charge in [-0.15, -0.1) is 0 Å². The monoisotopic (exact) mass is 522 g/mol. The van der Waals surface area contributed by atoms with Crippen LogP contribution in [0.1, 0.15) is 5.56 Å². The number of para-hydroxylation sites is 1. The van der Waals surface area contributed by atoms with Crippen molar-refractivity contribution in [2.75, 3.05) is 6.61 Å². The first-order chi connectivity index (χ1) is 10.6. The molecule has 0 aliphatic rings. The molecule has 0 heterocycles. The summed E-state index contributed by atoms with van der Waals surface area (Å²) in [7, 11) is 0. The molecule has 0 saturated carbocycles. The van der Waals surface area contributed by atoms with E-state index >= 15 is 0 Å². The molecule has 0 bridgehead atoms. The van der Waals surface area contributed by atoms with E-state index in [0.717, 1.165) is 7.14 Å². The summed E-state index contributed by atoms with van der Waals surface area (Å²) in [6.07, 6.45) is 1.40. The van der Waals surface area contributed by atoms with Gasteiger partial charge in [-0.25, -0.2) is 5.43 Å². The molecule has 0 aromatic heterocycles. The maximum Gasteiger partial charge on any atom is 0.277 e. The second-order valence-corrected chi connectivity index (χ2v) is 6.63. The quantitative estimate of drug-likeness (QED) is 0.361. The smallest absolute Gasteiger partial charge is 0.277 e. The van der Waals surface area contributed by atoms with Crippen LogP contribution in [-0.4, -0.2) is 23.8 Å². The van der Waals surface area contributed by atoms with Gasteiger partial charge >= 0.3 is 0 Å². The summed E-state index contributed by atoms with van der Waals surface area (Å²) < 4.78 is 6.99. The standard InChI is InChI=1S/C15H12I2N2O3/c16-11-6-10(15(21)13(17)7-11)8-18-19-14(20)9-22-12-4-2-1-3-5-12/h1-8,21H,9H2,(H,19,20)/b18-8-. The first kappa shape index (κ1) is 17.0. The van der Waals surface area contributed by atoms with Crippen molar-refractivity contribution < 1.29 is 14.6 Å². The molecule has 0 aliphatic carbocycles. The number of carbonyl (C=O) groups is 1. The zero-order valence-corrected chi connectivity index (χ0v) is 15.6. The van der Waals surface area contributed by atoms with E-state index in [-0.39, 0.29) is 18.3 Å². The van der Waals surface area contributed by atoms with E-state index in [1.165, 1.54) is 6.21 Å².